The normalized spacial score (nSPS) is 21.2. The van der Waals surface area contributed by atoms with E-state index in [2.05, 4.69) is 47.5 Å². The van der Waals surface area contributed by atoms with Crippen molar-refractivity contribution in [3.63, 3.8) is 0 Å². The Morgan fingerprint density at radius 3 is 1.20 bits per heavy atom. The van der Waals surface area contributed by atoms with Gasteiger partial charge in [-0.25, -0.2) is 46.3 Å². The molecule has 2 radical (unpaired) electrons. The number of amides is 7. The van der Waals surface area contributed by atoms with Gasteiger partial charge in [-0.1, -0.05) is 139 Å². The molecule has 4 saturated carbocycles. The number of likely N-dealkylation sites (tertiary alicyclic amines) is 2. The number of nitrogens with zero attached hydrogens (tertiary/aromatic N) is 4. The van der Waals surface area contributed by atoms with Crippen molar-refractivity contribution in [2.75, 3.05) is 41.5 Å². The number of hydrogen-bond acceptors (Lipinski definition) is 22. The average molecular weight is 2090 g/mol. The largest absolute Gasteiger partial charge is 0.497 e. The summed E-state index contributed by atoms with van der Waals surface area (Å²) < 4.78 is 102. The fourth-order valence-electron chi connectivity index (χ4n) is 16.5. The molecule has 0 spiro atoms. The van der Waals surface area contributed by atoms with Crippen LogP contribution in [0.4, 0.5) is 9.59 Å². The van der Waals surface area contributed by atoms with Gasteiger partial charge in [0.1, 0.15) is 93.2 Å². The van der Waals surface area contributed by atoms with Crippen LogP contribution in [0.1, 0.15) is 146 Å². The molecule has 2 aliphatic heterocycles. The summed E-state index contributed by atoms with van der Waals surface area (Å²) in [6.45, 7) is 28.5. The molecule has 6 fully saturated rings. The maximum atomic E-state index is 14.9. The van der Waals surface area contributed by atoms with Crippen molar-refractivity contribution < 1.29 is 129 Å². The number of nitrogens with one attached hydrogen (secondary N) is 5. The number of nitrogens with two attached hydrogens (primary N) is 1. The van der Waals surface area contributed by atoms with Crippen molar-refractivity contribution in [3.05, 3.63) is 194 Å². The SMILES string of the molecule is C=C[C@@H]1C[C@]1(NC(=O)[C@@H]1C[C@@H](Oc2cc(-c3ccccc3)nc3cc(OC)ccc23)CN1C(=O)[C@@H](NC(=O)OC(C)(C)C)C(C)(C)C)C(=O)NS(=O)(=O)C1(Cc2ccc(OC)cc2)CC1.C=C[C@@H]1C[C@]1(NC(=O)[C@@H]1C[C@@H](Oc2cc(-c3ccccc3)nc3cc(OC)ccc23)CN1C(=O)[C@@H](NC(=O)OC(C)(C)C)C(C)(C)C)C(=O)O.COc1ccc(CC2(S(N)(=O)=O)CC2)cc1.[2H][B].[U]. The zero-order chi connectivity index (χ0) is 97.5. The number of hydrogen-bond donors (Lipinski definition) is 7. The number of pyridine rings is 2. The summed E-state index contributed by atoms with van der Waals surface area (Å²) in [4.78, 5) is 123. The summed E-state index contributed by atoms with van der Waals surface area (Å²) in [5.74, 6) is -1.97. The summed E-state index contributed by atoms with van der Waals surface area (Å²) in [6, 6.07) is 43.6. The number of carbonyl (C=O) groups is 8. The van der Waals surface area contributed by atoms with Gasteiger partial charge in [-0.05, 0) is 165 Å². The predicted molar refractivity (Wildman–Crippen MR) is 502 cm³/mol. The molecule has 2 saturated heterocycles. The van der Waals surface area contributed by atoms with E-state index in [1.807, 2.05) is 115 Å². The summed E-state index contributed by atoms with van der Waals surface area (Å²) >= 11 is 0. The minimum atomic E-state index is -4.22. The van der Waals surface area contributed by atoms with Gasteiger partial charge in [-0.2, -0.15) is 0 Å². The maximum Gasteiger partial charge on any atom is 0.408 e. The van der Waals surface area contributed by atoms with Crippen LogP contribution in [-0.4, -0.2) is 209 Å². The number of aromatic nitrogens is 2. The summed E-state index contributed by atoms with van der Waals surface area (Å²) in [7, 11) is 2.38. The molecule has 14 rings (SSSR count). The predicted octanol–water partition coefficient (Wildman–Crippen LogP) is 12.2. The van der Waals surface area contributed by atoms with E-state index in [9.17, 15) is 60.3 Å². The molecule has 35 heteroatoms. The van der Waals surface area contributed by atoms with Crippen LogP contribution in [0.25, 0.3) is 44.3 Å². The van der Waals surface area contributed by atoms with E-state index in [4.69, 9.17) is 54.3 Å². The number of carboxylic acids is 1. The summed E-state index contributed by atoms with van der Waals surface area (Å²) in [5.41, 5.74) is -0.510. The number of ether oxygens (including phenoxy) is 8. The van der Waals surface area contributed by atoms with E-state index in [1.54, 1.807) is 154 Å². The van der Waals surface area contributed by atoms with Gasteiger partial charge in [0.15, 0.2) is 0 Å². The van der Waals surface area contributed by atoms with Crippen molar-refractivity contribution in [2.24, 2.45) is 27.8 Å². The van der Waals surface area contributed by atoms with Gasteiger partial charge in [0.25, 0.3) is 5.91 Å². The van der Waals surface area contributed by atoms with Gasteiger partial charge in [0.05, 0.1) is 73.4 Å². The van der Waals surface area contributed by atoms with Crippen LogP contribution in [0, 0.1) is 53.8 Å². The molecule has 4 aliphatic carbocycles. The third kappa shape index (κ3) is 24.5. The Bertz CT molecular complexity index is 5900. The second-order valence-corrected chi connectivity index (χ2v) is 42.6. The number of rotatable bonds is 29. The first-order valence-electron chi connectivity index (χ1n) is 44.1. The van der Waals surface area contributed by atoms with Gasteiger partial charge in [0.2, 0.25) is 43.7 Å². The van der Waals surface area contributed by atoms with Gasteiger partial charge in [-0.3, -0.25) is 28.7 Å². The van der Waals surface area contributed by atoms with Crippen molar-refractivity contribution in [3.8, 4) is 57.0 Å². The maximum absolute atomic E-state index is 14.9. The zero-order valence-electron chi connectivity index (χ0n) is 79.1. The van der Waals surface area contributed by atoms with Crippen LogP contribution in [0.15, 0.2) is 183 Å². The molecule has 10 atom stereocenters. The van der Waals surface area contributed by atoms with Gasteiger partial charge < -0.3 is 74.1 Å². The van der Waals surface area contributed by atoms with E-state index < -0.39 is 159 Å². The number of primary sulfonamides is 1. The van der Waals surface area contributed by atoms with Crippen LogP contribution >= 0.6 is 0 Å². The molecule has 4 heterocycles. The van der Waals surface area contributed by atoms with E-state index in [0.717, 1.165) is 28.0 Å². The van der Waals surface area contributed by atoms with Crippen molar-refractivity contribution in [1.82, 2.24) is 45.8 Å². The molecule has 2 aromatic heterocycles. The number of methoxy groups -OCH3 is 4. The van der Waals surface area contributed by atoms with Gasteiger partial charge in [0, 0.05) is 110 Å². The molecule has 31 nitrogen and oxygen atoms in total. The first-order valence-corrected chi connectivity index (χ1v) is 46.6. The number of benzene rings is 6. The first-order chi connectivity index (χ1) is 62.5. The topological polar surface area (TPSA) is 417 Å². The second kappa shape index (κ2) is 40.9. The van der Waals surface area contributed by atoms with E-state index in [1.165, 1.54) is 22.0 Å². The summed E-state index contributed by atoms with van der Waals surface area (Å²) in [6.07, 6.45) is 3.04. The number of alkyl carbamates (subject to hydrolysis) is 2. The quantitative estimate of drug-likeness (QED) is 0.0169. The van der Waals surface area contributed by atoms with Crippen LogP contribution < -0.4 is 59.5 Å². The van der Waals surface area contributed by atoms with Crippen molar-refractivity contribution in [2.45, 2.75) is 215 Å². The molecule has 6 aromatic carbocycles. The Kier molecular flexibility index (Phi) is 31.5. The van der Waals surface area contributed by atoms with Crippen molar-refractivity contribution in [1.29, 1.82) is 1.34 Å². The van der Waals surface area contributed by atoms with Crippen LogP contribution in [0.3, 0.4) is 0 Å². The zero-order valence-corrected chi connectivity index (χ0v) is 83.9. The van der Waals surface area contributed by atoms with Crippen molar-refractivity contribution >= 4 is 97.9 Å². The fourth-order valence-corrected chi connectivity index (χ4v) is 19.2. The first kappa shape index (κ1) is 102. The minimum Gasteiger partial charge on any atom is -0.497 e. The van der Waals surface area contributed by atoms with Crippen LogP contribution in [-0.2, 0) is 71.1 Å². The number of aliphatic carboxylic acids is 1. The Morgan fingerprint density at radius 1 is 0.526 bits per heavy atom. The van der Waals surface area contributed by atoms with Gasteiger partial charge in [-0.15, -0.1) is 13.2 Å². The van der Waals surface area contributed by atoms with E-state index in [-0.39, 0.29) is 76.3 Å². The fraction of sp³-hybridized carbons (Fsp3) is 0.449. The molecule has 0 bridgehead atoms. The van der Waals surface area contributed by atoms with Crippen LogP contribution in [0.2, 0.25) is 0 Å². The van der Waals surface area contributed by atoms with E-state index in [0.29, 0.717) is 94.0 Å². The Labute approximate surface area is 804 Å². The summed E-state index contributed by atoms with van der Waals surface area (Å²) in [5, 5.41) is 27.7. The molecule has 7 amide bonds. The number of carbonyl (C=O) groups excluding carboxylic acids is 7. The Hall–Kier alpha value is -11.2. The minimum absolute atomic E-state index is 0. The molecular weight excluding hydrogens is 1970 g/mol. The number of carboxylic acid groups (broad SMARTS) is 1. The molecule has 708 valence electrons. The molecule has 133 heavy (non-hydrogen) atoms. The standard InChI is InChI=1S/C49H59N5O10S.C38H46N4O8.C11H15NO3S.BH.U/c1-10-32-28-49(32,44(57)53-65(59,60)48(22-23-48)27-30-16-18-33(61-8)19-17-30)52-42(55)39-25-35(29-54(39)43(56)41(46(2,3)4)51-45(58)64-47(5,6)7)63-40-26-37(31-14-12-11-13-15-31)50-38-24-34(62-9)20-21-36(38)40;1-9-23-20-38(23,34(45)46)41-32(43)29-18-25(21-42(29)33(44)31(36(2,3)4)40-35(47)50-37(5,6)7)49-30-19-27(22-13-11-10-12-14-22)39-28-17-24(48-8)15-16-26(28)30;1-15-10-4-2-9(3-5-10)8-11(6-7-11)16(12,13)14;;/h10-21,24,26,32,35,39,41H,1,22-23,25,27-29H2,2-9H3,(H,51,58)(H,52,55)(H,53,57);9-17,19,23,25,29,31H,1,18,20-21H2,2-8H3,(H,40,47)(H,41,43)(H,45,46);2-5H,6-8H2,1H3,(H2,12,13,14);1H;/t32-,35-,39+,41-,49-;23-,25-,29+,31-,38-;;;/m11.../s1/i;;;1D;. The molecule has 0 unspecified atom stereocenters. The third-order valence-corrected chi connectivity index (χ3v) is 28.3. The second-order valence-electron chi connectivity index (χ2n) is 38.6. The van der Waals surface area contributed by atoms with E-state index >= 15 is 0 Å². The smallest absolute Gasteiger partial charge is 0.408 e. The van der Waals surface area contributed by atoms with Gasteiger partial charge >= 0.3 is 18.2 Å². The molecular formula is C98H121BN10O21S2U. The average Bonchev–Trinajstić information content (AvgIpc) is 1.55. The molecule has 8 aromatic rings. The Balaban J connectivity index is 0.000000237. The Morgan fingerprint density at radius 2 is 0.880 bits per heavy atom. The number of fused-ring (bicyclic) bond motifs is 2. The molecule has 6 aliphatic rings. The van der Waals surface area contributed by atoms with Crippen LogP contribution in [0.5, 0.6) is 34.5 Å². The monoisotopic (exact) mass is 2090 g/mol. The number of sulfonamides is 2. The molecule has 8 N–H and O–H groups in total. The third-order valence-electron chi connectivity index (χ3n) is 24.4.